The van der Waals surface area contributed by atoms with Gasteiger partial charge < -0.3 is 10.1 Å². The van der Waals surface area contributed by atoms with Crippen LogP contribution in [0.3, 0.4) is 0 Å². The first-order valence-corrected chi connectivity index (χ1v) is 7.70. The molecule has 0 atom stereocenters. The van der Waals surface area contributed by atoms with Gasteiger partial charge in [0.1, 0.15) is 0 Å². The van der Waals surface area contributed by atoms with Crippen LogP contribution in [0.5, 0.6) is 0 Å². The Bertz CT molecular complexity index is 414. The van der Waals surface area contributed by atoms with Crippen molar-refractivity contribution in [3.63, 3.8) is 0 Å². The number of aryl methyl sites for hydroxylation is 2. The fraction of sp³-hybridized carbons (Fsp3) is 0.812. The van der Waals surface area contributed by atoms with Crippen LogP contribution in [0.2, 0.25) is 0 Å². The van der Waals surface area contributed by atoms with E-state index in [2.05, 4.69) is 37.3 Å². The van der Waals surface area contributed by atoms with Gasteiger partial charge in [-0.25, -0.2) is 0 Å². The van der Waals surface area contributed by atoms with Crippen LogP contribution < -0.4 is 5.32 Å². The minimum Gasteiger partial charge on any atom is -0.381 e. The Morgan fingerprint density at radius 3 is 2.60 bits per heavy atom. The zero-order valence-corrected chi connectivity index (χ0v) is 13.4. The molecule has 1 N–H and O–H groups in total. The molecule has 0 spiro atoms. The van der Waals surface area contributed by atoms with Crippen molar-refractivity contribution in [1.29, 1.82) is 0 Å². The fourth-order valence-electron chi connectivity index (χ4n) is 2.81. The summed E-state index contributed by atoms with van der Waals surface area (Å²) in [6.45, 7) is 9.59. The topological polar surface area (TPSA) is 39.1 Å². The van der Waals surface area contributed by atoms with E-state index in [1.54, 1.807) is 0 Å². The Morgan fingerprint density at radius 2 is 2.05 bits per heavy atom. The smallest absolute Gasteiger partial charge is 0.0492 e. The molecule has 1 saturated heterocycles. The van der Waals surface area contributed by atoms with Gasteiger partial charge in [-0.1, -0.05) is 0 Å². The van der Waals surface area contributed by atoms with E-state index in [1.807, 2.05) is 17.9 Å². The minimum absolute atomic E-state index is 0.178. The molecule has 1 fully saturated rings. The predicted molar refractivity (Wildman–Crippen MR) is 81.8 cm³/mol. The van der Waals surface area contributed by atoms with E-state index in [0.29, 0.717) is 5.41 Å². The lowest BCUT2D eigenvalue weighted by Crippen LogP contribution is -2.46. The summed E-state index contributed by atoms with van der Waals surface area (Å²) in [4.78, 5) is 0. The quantitative estimate of drug-likeness (QED) is 0.900. The lowest BCUT2D eigenvalue weighted by molar-refractivity contribution is 0.00753. The molecule has 0 aliphatic carbocycles. The Hall–Kier alpha value is -0.870. The van der Waals surface area contributed by atoms with Crippen molar-refractivity contribution in [2.45, 2.75) is 52.0 Å². The van der Waals surface area contributed by atoms with Crippen molar-refractivity contribution in [2.75, 3.05) is 19.8 Å². The van der Waals surface area contributed by atoms with E-state index in [1.165, 1.54) is 12.1 Å². The zero-order chi connectivity index (χ0) is 14.6. The molecule has 114 valence electrons. The van der Waals surface area contributed by atoms with Gasteiger partial charge in [0.05, 0.1) is 0 Å². The number of hydrogen-bond donors (Lipinski definition) is 1. The van der Waals surface area contributed by atoms with Gasteiger partial charge in [0.2, 0.25) is 0 Å². The maximum absolute atomic E-state index is 5.57. The van der Waals surface area contributed by atoms with Gasteiger partial charge in [-0.15, -0.1) is 0 Å². The van der Waals surface area contributed by atoms with Crippen molar-refractivity contribution < 1.29 is 4.74 Å². The second kappa shape index (κ2) is 6.27. The van der Waals surface area contributed by atoms with Crippen molar-refractivity contribution in [3.05, 3.63) is 18.0 Å². The number of nitrogens with zero attached hydrogens (tertiary/aromatic N) is 2. The number of aromatic nitrogens is 2. The highest BCUT2D eigenvalue weighted by atomic mass is 16.5. The van der Waals surface area contributed by atoms with Gasteiger partial charge in [0.25, 0.3) is 0 Å². The lowest BCUT2D eigenvalue weighted by Gasteiger charge is -2.39. The highest BCUT2D eigenvalue weighted by Gasteiger charge is 2.33. The summed E-state index contributed by atoms with van der Waals surface area (Å²) in [5.74, 6) is 0. The van der Waals surface area contributed by atoms with Crippen LogP contribution in [0.15, 0.2) is 12.3 Å². The van der Waals surface area contributed by atoms with Gasteiger partial charge in [0.15, 0.2) is 0 Å². The summed E-state index contributed by atoms with van der Waals surface area (Å²) in [5.41, 5.74) is 1.87. The molecule has 1 aromatic heterocycles. The van der Waals surface area contributed by atoms with Crippen molar-refractivity contribution in [3.8, 4) is 0 Å². The normalized spacial score (nSPS) is 19.2. The summed E-state index contributed by atoms with van der Waals surface area (Å²) in [7, 11) is 2.03. The monoisotopic (exact) mass is 279 g/mol. The summed E-state index contributed by atoms with van der Waals surface area (Å²) < 4.78 is 7.56. The van der Waals surface area contributed by atoms with Crippen LogP contribution in [0.4, 0.5) is 0 Å². The van der Waals surface area contributed by atoms with Gasteiger partial charge >= 0.3 is 0 Å². The van der Waals surface area contributed by atoms with Gasteiger partial charge in [-0.2, -0.15) is 5.10 Å². The average molecular weight is 279 g/mol. The fourth-order valence-corrected chi connectivity index (χ4v) is 2.81. The predicted octanol–water partition coefficient (Wildman–Crippen LogP) is 2.54. The first-order chi connectivity index (χ1) is 9.40. The first kappa shape index (κ1) is 15.5. The van der Waals surface area contributed by atoms with Crippen LogP contribution in [0, 0.1) is 5.41 Å². The first-order valence-electron chi connectivity index (χ1n) is 7.70. The molecule has 0 amide bonds. The third kappa shape index (κ3) is 4.32. The van der Waals surface area contributed by atoms with Gasteiger partial charge in [-0.3, -0.25) is 4.68 Å². The number of nitrogens with one attached hydrogen (secondary N) is 1. The molecule has 0 aromatic carbocycles. The lowest BCUT2D eigenvalue weighted by atomic mass is 9.75. The molecular formula is C16H29N3O. The number of hydrogen-bond acceptors (Lipinski definition) is 3. The molecule has 20 heavy (non-hydrogen) atoms. The molecule has 4 heteroatoms. The molecular weight excluding hydrogens is 250 g/mol. The highest BCUT2D eigenvalue weighted by molar-refractivity contribution is 5.01. The molecule has 1 aliphatic rings. The third-order valence-corrected chi connectivity index (χ3v) is 4.38. The number of rotatable bonds is 5. The average Bonchev–Trinajstić information content (AvgIpc) is 2.80. The SMILES string of the molecule is Cn1nccc1CCC1(CNC(C)(C)C)CCOCC1. The molecule has 4 nitrogen and oxygen atoms in total. The summed E-state index contributed by atoms with van der Waals surface area (Å²) in [6.07, 6.45) is 6.52. The number of ether oxygens (including phenoxy) is 1. The largest absolute Gasteiger partial charge is 0.381 e. The second-order valence-electron chi connectivity index (χ2n) is 7.16. The summed E-state index contributed by atoms with van der Waals surface area (Å²) >= 11 is 0. The van der Waals surface area contributed by atoms with Gasteiger partial charge in [0, 0.05) is 44.2 Å². The van der Waals surface area contributed by atoms with Crippen LogP contribution in [-0.4, -0.2) is 35.1 Å². The minimum atomic E-state index is 0.178. The third-order valence-electron chi connectivity index (χ3n) is 4.38. The molecule has 0 saturated carbocycles. The zero-order valence-electron chi connectivity index (χ0n) is 13.4. The van der Waals surface area contributed by atoms with E-state index in [9.17, 15) is 0 Å². The summed E-state index contributed by atoms with van der Waals surface area (Å²) in [6, 6.07) is 2.13. The maximum atomic E-state index is 5.57. The molecule has 0 bridgehead atoms. The Labute approximate surface area is 122 Å². The molecule has 0 unspecified atom stereocenters. The molecule has 1 aromatic rings. The van der Waals surface area contributed by atoms with Crippen molar-refractivity contribution >= 4 is 0 Å². The standard InChI is InChI=1S/C16H29N3O/c1-15(2,3)17-13-16(8-11-20-12-9-16)7-5-14-6-10-18-19(14)4/h6,10,17H,5,7-9,11-13H2,1-4H3. The molecule has 2 heterocycles. The molecule has 2 rings (SSSR count). The molecule has 0 radical (unpaired) electrons. The molecule has 1 aliphatic heterocycles. The van der Waals surface area contributed by atoms with Crippen molar-refractivity contribution in [1.82, 2.24) is 15.1 Å². The van der Waals surface area contributed by atoms with E-state index in [-0.39, 0.29) is 5.54 Å². The van der Waals surface area contributed by atoms with E-state index >= 15 is 0 Å². The van der Waals surface area contributed by atoms with Crippen LogP contribution in [0.1, 0.15) is 45.7 Å². The van der Waals surface area contributed by atoms with E-state index < -0.39 is 0 Å². The van der Waals surface area contributed by atoms with Crippen LogP contribution >= 0.6 is 0 Å². The van der Waals surface area contributed by atoms with Crippen molar-refractivity contribution in [2.24, 2.45) is 12.5 Å². The second-order valence-corrected chi connectivity index (χ2v) is 7.16. The Morgan fingerprint density at radius 1 is 1.35 bits per heavy atom. The maximum Gasteiger partial charge on any atom is 0.0492 e. The highest BCUT2D eigenvalue weighted by Crippen LogP contribution is 2.35. The van der Waals surface area contributed by atoms with E-state index in [4.69, 9.17) is 4.74 Å². The van der Waals surface area contributed by atoms with E-state index in [0.717, 1.165) is 39.0 Å². The summed E-state index contributed by atoms with van der Waals surface area (Å²) in [5, 5.41) is 7.96. The van der Waals surface area contributed by atoms with Gasteiger partial charge in [-0.05, 0) is 57.9 Å². The Balaban J connectivity index is 1.97. The Kier molecular flexibility index (Phi) is 4.86. The van der Waals surface area contributed by atoms with Crippen LogP contribution in [-0.2, 0) is 18.2 Å². The van der Waals surface area contributed by atoms with Crippen LogP contribution in [0.25, 0.3) is 0 Å².